The van der Waals surface area contributed by atoms with E-state index in [1.165, 1.54) is 0 Å². The summed E-state index contributed by atoms with van der Waals surface area (Å²) in [5.41, 5.74) is 1.01. The summed E-state index contributed by atoms with van der Waals surface area (Å²) in [6.07, 6.45) is 1.93. The third-order valence-corrected chi connectivity index (χ3v) is 2.92. The van der Waals surface area contributed by atoms with Crippen molar-refractivity contribution in [1.82, 2.24) is 0 Å². The largest absolute Gasteiger partial charge is 0.466 e. The quantitative estimate of drug-likeness (QED) is 0.514. The first kappa shape index (κ1) is 16.2. The van der Waals surface area contributed by atoms with Crippen molar-refractivity contribution in [2.75, 3.05) is 24.6 Å². The monoisotopic (exact) mass is 277 g/mol. The van der Waals surface area contributed by atoms with Gasteiger partial charge in [0.15, 0.2) is 5.78 Å². The fourth-order valence-electron chi connectivity index (χ4n) is 1.93. The summed E-state index contributed by atoms with van der Waals surface area (Å²) in [5.74, 6) is -0.551. The lowest BCUT2D eigenvalue weighted by molar-refractivity contribution is -0.145. The van der Waals surface area contributed by atoms with Crippen molar-refractivity contribution in [3.05, 3.63) is 30.3 Å². The van der Waals surface area contributed by atoms with Gasteiger partial charge in [0.25, 0.3) is 0 Å². The maximum atomic E-state index is 11.9. The number of ether oxygens (including phenoxy) is 1. The number of rotatable bonds is 9. The zero-order valence-electron chi connectivity index (χ0n) is 12.3. The number of esters is 1. The molecule has 0 fully saturated rings. The first-order chi connectivity index (χ1) is 9.67. The van der Waals surface area contributed by atoms with Gasteiger partial charge in [-0.3, -0.25) is 9.59 Å². The van der Waals surface area contributed by atoms with Crippen molar-refractivity contribution in [1.29, 1.82) is 0 Å². The van der Waals surface area contributed by atoms with Gasteiger partial charge in [0.1, 0.15) is 6.42 Å². The van der Waals surface area contributed by atoms with Crippen molar-refractivity contribution in [3.63, 3.8) is 0 Å². The van der Waals surface area contributed by atoms with Crippen LogP contribution in [0.2, 0.25) is 0 Å². The molecule has 0 heterocycles. The molecule has 0 aliphatic heterocycles. The highest BCUT2D eigenvalue weighted by Crippen LogP contribution is 2.14. The number of hydrogen-bond acceptors (Lipinski definition) is 4. The van der Waals surface area contributed by atoms with Gasteiger partial charge in [-0.05, 0) is 25.5 Å². The first-order valence-electron chi connectivity index (χ1n) is 7.14. The highest BCUT2D eigenvalue weighted by atomic mass is 16.5. The molecule has 0 spiro atoms. The Morgan fingerprint density at radius 1 is 1.15 bits per heavy atom. The van der Waals surface area contributed by atoms with Gasteiger partial charge in [0, 0.05) is 12.2 Å². The molecule has 0 bridgehead atoms. The number of Topliss-reactive ketones (excluding diaryl/α,β-unsaturated/α-hetero) is 1. The highest BCUT2D eigenvalue weighted by Gasteiger charge is 2.15. The zero-order valence-corrected chi connectivity index (χ0v) is 12.3. The van der Waals surface area contributed by atoms with Crippen LogP contribution >= 0.6 is 0 Å². The summed E-state index contributed by atoms with van der Waals surface area (Å²) in [6, 6.07) is 9.80. The first-order valence-corrected chi connectivity index (χ1v) is 7.14. The van der Waals surface area contributed by atoms with Crippen molar-refractivity contribution in [3.8, 4) is 0 Å². The van der Waals surface area contributed by atoms with Gasteiger partial charge in [-0.25, -0.2) is 0 Å². The van der Waals surface area contributed by atoms with Crippen LogP contribution in [0, 0.1) is 0 Å². The van der Waals surface area contributed by atoms with E-state index >= 15 is 0 Å². The van der Waals surface area contributed by atoms with Gasteiger partial charge in [-0.15, -0.1) is 0 Å². The van der Waals surface area contributed by atoms with E-state index in [4.69, 9.17) is 4.74 Å². The predicted molar refractivity (Wildman–Crippen MR) is 79.8 cm³/mol. The number of carbonyl (C=O) groups excluding carboxylic acids is 2. The molecule has 110 valence electrons. The molecule has 1 aromatic rings. The Bertz CT molecular complexity index is 417. The van der Waals surface area contributed by atoms with Crippen LogP contribution in [0.3, 0.4) is 0 Å². The minimum absolute atomic E-state index is 0.108. The second-order valence-electron chi connectivity index (χ2n) is 4.63. The lowest BCUT2D eigenvalue weighted by Crippen LogP contribution is -2.32. The molecule has 0 radical (unpaired) electrons. The molecule has 0 aliphatic carbocycles. The molecule has 0 saturated carbocycles. The smallest absolute Gasteiger partial charge is 0.313 e. The van der Waals surface area contributed by atoms with Crippen LogP contribution in [0.4, 0.5) is 5.69 Å². The fraction of sp³-hybridized carbons (Fsp3) is 0.500. The second-order valence-corrected chi connectivity index (χ2v) is 4.63. The molecule has 4 nitrogen and oxygen atoms in total. The number of carbonyl (C=O) groups is 2. The average molecular weight is 277 g/mol. The Morgan fingerprint density at radius 3 is 2.45 bits per heavy atom. The van der Waals surface area contributed by atoms with Crippen LogP contribution in [-0.2, 0) is 14.3 Å². The molecule has 1 aromatic carbocycles. The van der Waals surface area contributed by atoms with Gasteiger partial charge in [0.2, 0.25) is 0 Å². The second kappa shape index (κ2) is 9.13. The van der Waals surface area contributed by atoms with Crippen LogP contribution < -0.4 is 4.90 Å². The van der Waals surface area contributed by atoms with Gasteiger partial charge in [0.05, 0.1) is 13.2 Å². The maximum Gasteiger partial charge on any atom is 0.313 e. The highest BCUT2D eigenvalue weighted by molar-refractivity contribution is 5.97. The Hall–Kier alpha value is -1.84. The molecule has 20 heavy (non-hydrogen) atoms. The SMILES string of the molecule is CCCCN(CC(=O)CC(=O)OCC)c1ccccc1. The van der Waals surface area contributed by atoms with Crippen LogP contribution in [0.15, 0.2) is 30.3 Å². The van der Waals surface area contributed by atoms with Crippen LogP contribution in [-0.4, -0.2) is 31.4 Å². The minimum Gasteiger partial charge on any atom is -0.466 e. The van der Waals surface area contributed by atoms with E-state index in [-0.39, 0.29) is 18.7 Å². The van der Waals surface area contributed by atoms with E-state index in [0.29, 0.717) is 6.61 Å². The Labute approximate surface area is 120 Å². The van der Waals surface area contributed by atoms with E-state index in [9.17, 15) is 9.59 Å². The van der Waals surface area contributed by atoms with E-state index in [1.54, 1.807) is 6.92 Å². The number of nitrogens with zero attached hydrogens (tertiary/aromatic N) is 1. The Balaban J connectivity index is 2.61. The van der Waals surface area contributed by atoms with E-state index in [1.807, 2.05) is 35.2 Å². The third kappa shape index (κ3) is 5.87. The average Bonchev–Trinajstić information content (AvgIpc) is 2.44. The fourth-order valence-corrected chi connectivity index (χ4v) is 1.93. The number of para-hydroxylation sites is 1. The summed E-state index contributed by atoms with van der Waals surface area (Å²) in [7, 11) is 0. The third-order valence-electron chi connectivity index (χ3n) is 2.92. The lowest BCUT2D eigenvalue weighted by atomic mass is 10.2. The molecule has 0 unspecified atom stereocenters. The van der Waals surface area contributed by atoms with Gasteiger partial charge in [-0.1, -0.05) is 31.5 Å². The molecule has 4 heteroatoms. The zero-order chi connectivity index (χ0) is 14.8. The summed E-state index contributed by atoms with van der Waals surface area (Å²) < 4.78 is 4.80. The number of anilines is 1. The molecular weight excluding hydrogens is 254 g/mol. The topological polar surface area (TPSA) is 46.6 Å². The standard InChI is InChI=1S/C16H23NO3/c1-3-5-11-17(14-9-7-6-8-10-14)13-15(18)12-16(19)20-4-2/h6-10H,3-5,11-13H2,1-2H3. The van der Waals surface area contributed by atoms with Crippen molar-refractivity contribution >= 4 is 17.4 Å². The van der Waals surface area contributed by atoms with Gasteiger partial charge in [-0.2, -0.15) is 0 Å². The predicted octanol–water partition coefficient (Wildman–Crippen LogP) is 2.82. The number of benzene rings is 1. The van der Waals surface area contributed by atoms with Crippen LogP contribution in [0.1, 0.15) is 33.1 Å². The van der Waals surface area contributed by atoms with Crippen molar-refractivity contribution < 1.29 is 14.3 Å². The van der Waals surface area contributed by atoms with Crippen molar-refractivity contribution in [2.45, 2.75) is 33.1 Å². The molecule has 0 atom stereocenters. The van der Waals surface area contributed by atoms with E-state index in [0.717, 1.165) is 25.1 Å². The van der Waals surface area contributed by atoms with Gasteiger partial charge < -0.3 is 9.64 Å². The molecule has 0 saturated heterocycles. The van der Waals surface area contributed by atoms with Crippen LogP contribution in [0.5, 0.6) is 0 Å². The summed E-state index contributed by atoms with van der Waals surface area (Å²) in [4.78, 5) is 25.3. The normalized spacial score (nSPS) is 10.1. The number of hydrogen-bond donors (Lipinski definition) is 0. The molecule has 0 amide bonds. The molecule has 0 aliphatic rings. The summed E-state index contributed by atoms with van der Waals surface area (Å²) in [6.45, 7) is 5.23. The maximum absolute atomic E-state index is 11.9. The van der Waals surface area contributed by atoms with Crippen molar-refractivity contribution in [2.24, 2.45) is 0 Å². The minimum atomic E-state index is -0.444. The molecular formula is C16H23NO3. The van der Waals surface area contributed by atoms with Crippen LogP contribution in [0.25, 0.3) is 0 Å². The van der Waals surface area contributed by atoms with E-state index < -0.39 is 5.97 Å². The summed E-state index contributed by atoms with van der Waals surface area (Å²) in [5, 5.41) is 0. The lowest BCUT2D eigenvalue weighted by Gasteiger charge is -2.23. The molecule has 0 aromatic heterocycles. The van der Waals surface area contributed by atoms with E-state index in [2.05, 4.69) is 6.92 Å². The number of unbranched alkanes of at least 4 members (excludes halogenated alkanes) is 1. The Morgan fingerprint density at radius 2 is 1.85 bits per heavy atom. The number of ketones is 1. The molecule has 1 rings (SSSR count). The Kier molecular flexibility index (Phi) is 7.40. The van der Waals surface area contributed by atoms with Gasteiger partial charge >= 0.3 is 5.97 Å². The summed E-state index contributed by atoms with van der Waals surface area (Å²) >= 11 is 0. The molecule has 0 N–H and O–H groups in total.